The maximum Gasteiger partial charge on any atom is 0.228 e. The van der Waals surface area contributed by atoms with Gasteiger partial charge in [0.25, 0.3) is 0 Å². The number of benzene rings is 1. The quantitative estimate of drug-likeness (QED) is 0.826. The molecule has 1 N–H and O–H groups in total. The third-order valence-electron chi connectivity index (χ3n) is 1.92. The van der Waals surface area contributed by atoms with Crippen LogP contribution in [0.5, 0.6) is 0 Å². The third-order valence-corrected chi connectivity index (χ3v) is 1.92. The molecule has 0 aliphatic rings. The normalized spacial score (nSPS) is 9.87. The molecule has 0 aliphatic heterocycles. The summed E-state index contributed by atoms with van der Waals surface area (Å²) in [6.07, 6.45) is 3.21. The first-order chi connectivity index (χ1) is 7.34. The maximum absolute atomic E-state index is 11.5. The number of carbonyl (C=O) groups excluding carboxylic acids is 1. The molecule has 15 heavy (non-hydrogen) atoms. The fourth-order valence-electron chi connectivity index (χ4n) is 1.25. The first-order valence-electron chi connectivity index (χ1n) is 4.58. The van der Waals surface area contributed by atoms with E-state index in [1.165, 1.54) is 12.5 Å². The van der Waals surface area contributed by atoms with Crippen molar-refractivity contribution in [1.82, 2.24) is 5.16 Å². The van der Waals surface area contributed by atoms with Gasteiger partial charge >= 0.3 is 0 Å². The molecule has 0 unspecified atom stereocenters. The Bertz CT molecular complexity index is 423. The Morgan fingerprint density at radius 2 is 2.13 bits per heavy atom. The smallest absolute Gasteiger partial charge is 0.228 e. The topological polar surface area (TPSA) is 55.1 Å². The van der Waals surface area contributed by atoms with E-state index in [9.17, 15) is 4.79 Å². The van der Waals surface area contributed by atoms with Crippen molar-refractivity contribution < 1.29 is 9.32 Å². The molecule has 0 spiro atoms. The van der Waals surface area contributed by atoms with E-state index in [0.717, 1.165) is 5.56 Å². The van der Waals surface area contributed by atoms with Crippen molar-refractivity contribution in [2.75, 3.05) is 5.32 Å². The average molecular weight is 202 g/mol. The van der Waals surface area contributed by atoms with Gasteiger partial charge in [-0.15, -0.1) is 0 Å². The minimum atomic E-state index is -0.0793. The molecule has 1 heterocycles. The van der Waals surface area contributed by atoms with Gasteiger partial charge in [0.15, 0.2) is 0 Å². The van der Waals surface area contributed by atoms with Crippen molar-refractivity contribution in [2.24, 2.45) is 0 Å². The highest BCUT2D eigenvalue weighted by Gasteiger charge is 2.04. The number of rotatable bonds is 3. The number of anilines is 1. The molecule has 0 atom stereocenters. The van der Waals surface area contributed by atoms with Crippen LogP contribution in [0.4, 0.5) is 5.69 Å². The molecule has 0 fully saturated rings. The summed E-state index contributed by atoms with van der Waals surface area (Å²) < 4.78 is 4.60. The molecule has 1 aromatic heterocycles. The first kappa shape index (κ1) is 9.45. The maximum atomic E-state index is 11.5. The van der Waals surface area contributed by atoms with E-state index < -0.39 is 0 Å². The molecule has 0 saturated carbocycles. The summed E-state index contributed by atoms with van der Waals surface area (Å²) in [6.45, 7) is 0. The molecule has 0 aliphatic carbocycles. The minimum absolute atomic E-state index is 0.0793. The number of nitrogens with zero attached hydrogens (tertiary/aromatic N) is 1. The Labute approximate surface area is 86.9 Å². The number of amides is 1. The van der Waals surface area contributed by atoms with Gasteiger partial charge in [0.2, 0.25) is 5.91 Å². The van der Waals surface area contributed by atoms with Crippen LogP contribution in [-0.2, 0) is 11.2 Å². The van der Waals surface area contributed by atoms with Gasteiger partial charge in [-0.1, -0.05) is 35.5 Å². The van der Waals surface area contributed by atoms with Gasteiger partial charge in [0.1, 0.15) is 12.0 Å². The Balaban J connectivity index is 1.94. The van der Waals surface area contributed by atoms with Crippen LogP contribution in [0, 0.1) is 0 Å². The molecular weight excluding hydrogens is 192 g/mol. The van der Waals surface area contributed by atoms with E-state index >= 15 is 0 Å². The molecule has 1 amide bonds. The third kappa shape index (κ3) is 2.67. The zero-order valence-corrected chi connectivity index (χ0v) is 8.01. The lowest BCUT2D eigenvalue weighted by Crippen LogP contribution is -2.13. The van der Waals surface area contributed by atoms with Crippen LogP contribution < -0.4 is 5.32 Å². The van der Waals surface area contributed by atoms with E-state index in [-0.39, 0.29) is 5.91 Å². The predicted octanol–water partition coefficient (Wildman–Crippen LogP) is 1.86. The second kappa shape index (κ2) is 4.41. The summed E-state index contributed by atoms with van der Waals surface area (Å²) in [5, 5.41) is 6.17. The van der Waals surface area contributed by atoms with Crippen molar-refractivity contribution in [3.63, 3.8) is 0 Å². The minimum Gasteiger partial charge on any atom is -0.363 e. The molecule has 2 aromatic rings. The van der Waals surface area contributed by atoms with Crippen LogP contribution in [0.15, 0.2) is 47.3 Å². The highest BCUT2D eigenvalue weighted by molar-refractivity contribution is 5.91. The second-order valence-corrected chi connectivity index (χ2v) is 3.12. The summed E-state index contributed by atoms with van der Waals surface area (Å²) in [6, 6.07) is 9.55. The highest BCUT2D eigenvalue weighted by atomic mass is 16.5. The Morgan fingerprint density at radius 1 is 1.33 bits per heavy atom. The van der Waals surface area contributed by atoms with Crippen LogP contribution in [0.3, 0.4) is 0 Å². The van der Waals surface area contributed by atoms with Crippen LogP contribution >= 0.6 is 0 Å². The summed E-state index contributed by atoms with van der Waals surface area (Å²) in [5.74, 6) is -0.0793. The van der Waals surface area contributed by atoms with Gasteiger partial charge in [-0.3, -0.25) is 4.79 Å². The molecular formula is C11H10N2O2. The standard InChI is InChI=1S/C11H10N2O2/c14-11(13-10-7-12-15-8-10)6-9-4-2-1-3-5-9/h1-5,7-8H,6H2,(H,13,14). The number of nitrogens with one attached hydrogen (secondary N) is 1. The van der Waals surface area contributed by atoms with E-state index in [0.29, 0.717) is 12.1 Å². The van der Waals surface area contributed by atoms with Crippen LogP contribution in [0.25, 0.3) is 0 Å². The largest absolute Gasteiger partial charge is 0.363 e. The van der Waals surface area contributed by atoms with Crippen molar-refractivity contribution >= 4 is 11.6 Å². The number of hydrogen-bond donors (Lipinski definition) is 1. The van der Waals surface area contributed by atoms with Gasteiger partial charge in [0.05, 0.1) is 12.6 Å². The lowest BCUT2D eigenvalue weighted by Gasteiger charge is -2.01. The van der Waals surface area contributed by atoms with Crippen LogP contribution in [-0.4, -0.2) is 11.1 Å². The van der Waals surface area contributed by atoms with E-state index in [2.05, 4.69) is 15.0 Å². The summed E-state index contributed by atoms with van der Waals surface area (Å²) >= 11 is 0. The van der Waals surface area contributed by atoms with Gasteiger partial charge < -0.3 is 9.84 Å². The second-order valence-electron chi connectivity index (χ2n) is 3.12. The van der Waals surface area contributed by atoms with Crippen LogP contribution in [0.2, 0.25) is 0 Å². The number of hydrogen-bond acceptors (Lipinski definition) is 3. The zero-order chi connectivity index (χ0) is 10.5. The fraction of sp³-hybridized carbons (Fsp3) is 0.0909. The lowest BCUT2D eigenvalue weighted by molar-refractivity contribution is -0.115. The molecule has 0 saturated heterocycles. The van der Waals surface area contributed by atoms with Crippen molar-refractivity contribution in [3.05, 3.63) is 48.4 Å². The monoisotopic (exact) mass is 202 g/mol. The van der Waals surface area contributed by atoms with E-state index in [4.69, 9.17) is 0 Å². The fourth-order valence-corrected chi connectivity index (χ4v) is 1.25. The van der Waals surface area contributed by atoms with E-state index in [1.807, 2.05) is 30.3 Å². The van der Waals surface area contributed by atoms with Gasteiger partial charge in [0, 0.05) is 0 Å². The summed E-state index contributed by atoms with van der Waals surface area (Å²) in [4.78, 5) is 11.5. The molecule has 4 heteroatoms. The molecule has 1 aromatic carbocycles. The summed E-state index contributed by atoms with van der Waals surface area (Å²) in [7, 11) is 0. The summed E-state index contributed by atoms with van der Waals surface area (Å²) in [5.41, 5.74) is 1.56. The Morgan fingerprint density at radius 3 is 2.80 bits per heavy atom. The van der Waals surface area contributed by atoms with Crippen molar-refractivity contribution in [3.8, 4) is 0 Å². The van der Waals surface area contributed by atoms with E-state index in [1.54, 1.807) is 0 Å². The molecule has 4 nitrogen and oxygen atoms in total. The SMILES string of the molecule is O=C(Cc1ccccc1)Nc1cnoc1. The average Bonchev–Trinajstić information content (AvgIpc) is 2.71. The molecule has 2 rings (SSSR count). The Hall–Kier alpha value is -2.10. The Kier molecular flexibility index (Phi) is 2.78. The number of aromatic nitrogens is 1. The van der Waals surface area contributed by atoms with Crippen molar-refractivity contribution in [1.29, 1.82) is 0 Å². The zero-order valence-electron chi connectivity index (χ0n) is 8.01. The predicted molar refractivity (Wildman–Crippen MR) is 55.3 cm³/mol. The van der Waals surface area contributed by atoms with Crippen molar-refractivity contribution in [2.45, 2.75) is 6.42 Å². The first-order valence-corrected chi connectivity index (χ1v) is 4.58. The lowest BCUT2D eigenvalue weighted by atomic mass is 10.1. The molecule has 0 radical (unpaired) electrons. The van der Waals surface area contributed by atoms with Gasteiger partial charge in [-0.25, -0.2) is 0 Å². The highest BCUT2D eigenvalue weighted by Crippen LogP contribution is 2.05. The van der Waals surface area contributed by atoms with Crippen LogP contribution in [0.1, 0.15) is 5.56 Å². The molecule has 0 bridgehead atoms. The molecule has 76 valence electrons. The number of carbonyl (C=O) groups is 1. The van der Waals surface area contributed by atoms with Gasteiger partial charge in [-0.05, 0) is 5.56 Å². The van der Waals surface area contributed by atoms with Gasteiger partial charge in [-0.2, -0.15) is 0 Å².